The first kappa shape index (κ1) is 13.0. The monoisotopic (exact) mass is 282 g/mol. The number of hydrogen-bond acceptors (Lipinski definition) is 2. The van der Waals surface area contributed by atoms with Gasteiger partial charge in [0.1, 0.15) is 0 Å². The Bertz CT molecular complexity index is 642. The van der Waals surface area contributed by atoms with Gasteiger partial charge in [-0.3, -0.25) is 0 Å². The number of benzene rings is 2. The second kappa shape index (κ2) is 5.56. The van der Waals surface area contributed by atoms with Gasteiger partial charge >= 0.3 is 0 Å². The lowest BCUT2D eigenvalue weighted by Crippen LogP contribution is -2.13. The maximum atomic E-state index is 9.00. The van der Waals surface area contributed by atoms with Crippen molar-refractivity contribution in [2.75, 3.05) is 5.32 Å². The van der Waals surface area contributed by atoms with Crippen LogP contribution in [-0.4, -0.2) is 0 Å². The van der Waals surface area contributed by atoms with E-state index in [1.54, 1.807) is 12.1 Å². The standard InChI is InChI=1S/C17H15ClN2/c18-15-9-6-12(11-19)10-16(15)20-17(14-7-8-14)13-4-2-1-3-5-13/h1-6,9-10,14,17,20H,7-8H2. The maximum Gasteiger partial charge on any atom is 0.0992 e. The molecule has 0 aliphatic heterocycles. The fraction of sp³-hybridized carbons (Fsp3) is 0.235. The van der Waals surface area contributed by atoms with Gasteiger partial charge < -0.3 is 5.32 Å². The third-order valence-electron chi connectivity index (χ3n) is 3.66. The first-order valence-corrected chi connectivity index (χ1v) is 7.17. The van der Waals surface area contributed by atoms with E-state index < -0.39 is 0 Å². The van der Waals surface area contributed by atoms with Crippen LogP contribution < -0.4 is 5.32 Å². The molecular weight excluding hydrogens is 268 g/mol. The summed E-state index contributed by atoms with van der Waals surface area (Å²) in [6, 6.07) is 18.2. The van der Waals surface area contributed by atoms with Crippen molar-refractivity contribution >= 4 is 17.3 Å². The maximum absolute atomic E-state index is 9.00. The fourth-order valence-corrected chi connectivity index (χ4v) is 2.61. The molecule has 3 heteroatoms. The van der Waals surface area contributed by atoms with Crippen molar-refractivity contribution < 1.29 is 0 Å². The Labute approximate surface area is 124 Å². The van der Waals surface area contributed by atoms with Crippen molar-refractivity contribution in [1.82, 2.24) is 0 Å². The zero-order chi connectivity index (χ0) is 13.9. The van der Waals surface area contributed by atoms with Crippen LogP contribution in [0.25, 0.3) is 0 Å². The molecule has 0 aromatic heterocycles. The molecule has 2 nitrogen and oxygen atoms in total. The summed E-state index contributed by atoms with van der Waals surface area (Å²) in [6.07, 6.45) is 2.48. The molecule has 0 spiro atoms. The number of halogens is 1. The number of nitrogens with one attached hydrogen (secondary N) is 1. The van der Waals surface area contributed by atoms with Crippen LogP contribution in [-0.2, 0) is 0 Å². The Kier molecular flexibility index (Phi) is 3.62. The average Bonchev–Trinajstić information content (AvgIpc) is 3.32. The summed E-state index contributed by atoms with van der Waals surface area (Å²) in [7, 11) is 0. The quantitative estimate of drug-likeness (QED) is 0.876. The van der Waals surface area contributed by atoms with Crippen molar-refractivity contribution in [3.05, 3.63) is 64.7 Å². The van der Waals surface area contributed by atoms with Gasteiger partial charge in [0.25, 0.3) is 0 Å². The van der Waals surface area contributed by atoms with Gasteiger partial charge in [0.2, 0.25) is 0 Å². The van der Waals surface area contributed by atoms with Crippen LogP contribution in [0.3, 0.4) is 0 Å². The van der Waals surface area contributed by atoms with Crippen LogP contribution in [0, 0.1) is 17.2 Å². The van der Waals surface area contributed by atoms with Crippen molar-refractivity contribution in [3.8, 4) is 6.07 Å². The summed E-state index contributed by atoms with van der Waals surface area (Å²) in [5.41, 5.74) is 2.74. The molecule has 1 aliphatic rings. The zero-order valence-electron chi connectivity index (χ0n) is 11.0. The summed E-state index contributed by atoms with van der Waals surface area (Å²) in [5.74, 6) is 0.652. The highest BCUT2D eigenvalue weighted by Crippen LogP contribution is 2.43. The first-order valence-electron chi connectivity index (χ1n) is 6.79. The Morgan fingerprint density at radius 1 is 1.15 bits per heavy atom. The molecule has 20 heavy (non-hydrogen) atoms. The van der Waals surface area contributed by atoms with Gasteiger partial charge in [-0.2, -0.15) is 5.26 Å². The van der Waals surface area contributed by atoms with Gasteiger partial charge in [-0.25, -0.2) is 0 Å². The predicted molar refractivity (Wildman–Crippen MR) is 81.7 cm³/mol. The second-order valence-electron chi connectivity index (χ2n) is 5.18. The Hall–Kier alpha value is -1.98. The van der Waals surface area contributed by atoms with Crippen molar-refractivity contribution in [1.29, 1.82) is 5.26 Å². The molecule has 1 N–H and O–H groups in total. The third-order valence-corrected chi connectivity index (χ3v) is 3.99. The van der Waals surface area contributed by atoms with Gasteiger partial charge in [-0.1, -0.05) is 41.9 Å². The van der Waals surface area contributed by atoms with Crippen LogP contribution in [0.5, 0.6) is 0 Å². The van der Waals surface area contributed by atoms with Gasteiger partial charge in [0.15, 0.2) is 0 Å². The second-order valence-corrected chi connectivity index (χ2v) is 5.58. The van der Waals surface area contributed by atoms with E-state index in [2.05, 4.69) is 35.7 Å². The van der Waals surface area contributed by atoms with Crippen LogP contribution in [0.1, 0.15) is 30.0 Å². The lowest BCUT2D eigenvalue weighted by molar-refractivity contribution is 0.679. The number of nitrogens with zero attached hydrogens (tertiary/aromatic N) is 1. The fourth-order valence-electron chi connectivity index (χ4n) is 2.44. The Morgan fingerprint density at radius 2 is 1.90 bits per heavy atom. The minimum Gasteiger partial charge on any atom is -0.377 e. The zero-order valence-corrected chi connectivity index (χ0v) is 11.8. The third kappa shape index (κ3) is 2.79. The van der Waals surface area contributed by atoms with Crippen LogP contribution >= 0.6 is 11.6 Å². The highest BCUT2D eigenvalue weighted by atomic mass is 35.5. The molecule has 0 heterocycles. The minimum absolute atomic E-state index is 0.266. The molecule has 1 atom stereocenters. The van der Waals surface area contributed by atoms with E-state index in [4.69, 9.17) is 16.9 Å². The number of anilines is 1. The molecule has 0 saturated heterocycles. The number of hydrogen-bond donors (Lipinski definition) is 1. The van der Waals surface area contributed by atoms with Crippen LogP contribution in [0.15, 0.2) is 48.5 Å². The van der Waals surface area contributed by atoms with E-state index in [1.165, 1.54) is 18.4 Å². The van der Waals surface area contributed by atoms with Crippen LogP contribution in [0.2, 0.25) is 5.02 Å². The van der Waals surface area contributed by atoms with Gasteiger partial charge in [-0.15, -0.1) is 0 Å². The SMILES string of the molecule is N#Cc1ccc(Cl)c(NC(c2ccccc2)C2CC2)c1. The molecule has 0 radical (unpaired) electrons. The first-order chi connectivity index (χ1) is 9.78. The van der Waals surface area contributed by atoms with E-state index in [9.17, 15) is 0 Å². The summed E-state index contributed by atoms with van der Waals surface area (Å²) >= 11 is 6.24. The molecule has 2 aromatic carbocycles. The van der Waals surface area contributed by atoms with E-state index in [0.717, 1.165) is 5.69 Å². The van der Waals surface area contributed by atoms with E-state index >= 15 is 0 Å². The molecule has 1 aliphatic carbocycles. The summed E-state index contributed by atoms with van der Waals surface area (Å²) in [5, 5.41) is 13.2. The molecule has 1 saturated carbocycles. The van der Waals surface area contributed by atoms with Crippen molar-refractivity contribution in [2.45, 2.75) is 18.9 Å². The largest absolute Gasteiger partial charge is 0.377 e. The summed E-state index contributed by atoms with van der Waals surface area (Å²) < 4.78 is 0. The predicted octanol–water partition coefficient (Wildman–Crippen LogP) is 4.77. The number of rotatable bonds is 4. The summed E-state index contributed by atoms with van der Waals surface area (Å²) in [6.45, 7) is 0. The van der Waals surface area contributed by atoms with Gasteiger partial charge in [-0.05, 0) is 42.5 Å². The van der Waals surface area contributed by atoms with E-state index in [0.29, 0.717) is 16.5 Å². The molecule has 1 unspecified atom stereocenters. The molecule has 1 fully saturated rings. The summed E-state index contributed by atoms with van der Waals surface area (Å²) in [4.78, 5) is 0. The lowest BCUT2D eigenvalue weighted by Gasteiger charge is -2.21. The lowest BCUT2D eigenvalue weighted by atomic mass is 10.0. The van der Waals surface area contributed by atoms with Gasteiger partial charge in [0.05, 0.1) is 28.4 Å². The van der Waals surface area contributed by atoms with Gasteiger partial charge in [0, 0.05) is 0 Å². The van der Waals surface area contributed by atoms with Crippen LogP contribution in [0.4, 0.5) is 5.69 Å². The topological polar surface area (TPSA) is 35.8 Å². The molecular formula is C17H15ClN2. The molecule has 0 amide bonds. The molecule has 3 rings (SSSR count). The highest BCUT2D eigenvalue weighted by molar-refractivity contribution is 6.33. The highest BCUT2D eigenvalue weighted by Gasteiger charge is 2.32. The Morgan fingerprint density at radius 3 is 2.55 bits per heavy atom. The normalized spacial score (nSPS) is 15.4. The average molecular weight is 283 g/mol. The van der Waals surface area contributed by atoms with E-state index in [-0.39, 0.29) is 6.04 Å². The molecule has 2 aromatic rings. The minimum atomic E-state index is 0.266. The van der Waals surface area contributed by atoms with Crippen molar-refractivity contribution in [2.24, 2.45) is 5.92 Å². The Balaban J connectivity index is 1.90. The smallest absolute Gasteiger partial charge is 0.0992 e. The number of nitriles is 1. The van der Waals surface area contributed by atoms with E-state index in [1.807, 2.05) is 12.1 Å². The van der Waals surface area contributed by atoms with Crippen molar-refractivity contribution in [3.63, 3.8) is 0 Å². The molecule has 0 bridgehead atoms. The molecule has 100 valence electrons.